The number of carbonyl (C=O) groups excluding carboxylic acids is 1. The lowest BCUT2D eigenvalue weighted by Gasteiger charge is -2.06. The molecule has 3 rings (SSSR count). The summed E-state index contributed by atoms with van der Waals surface area (Å²) >= 11 is 0. The normalized spacial score (nSPS) is 11.2. The van der Waals surface area contributed by atoms with Gasteiger partial charge in [-0.2, -0.15) is 0 Å². The minimum Gasteiger partial charge on any atom is -0.289 e. The zero-order chi connectivity index (χ0) is 17.2. The van der Waals surface area contributed by atoms with Gasteiger partial charge >= 0.3 is 0 Å². The Morgan fingerprint density at radius 2 is 1.12 bits per heavy atom. The van der Waals surface area contributed by atoms with Crippen molar-refractivity contribution in [3.8, 4) is 0 Å². The van der Waals surface area contributed by atoms with Gasteiger partial charge in [0, 0.05) is 11.1 Å². The van der Waals surface area contributed by atoms with E-state index in [0.717, 1.165) is 5.56 Å². The van der Waals surface area contributed by atoms with E-state index in [4.69, 9.17) is 0 Å². The number of benzene rings is 3. The largest absolute Gasteiger partial charge is 0.289 e. The molecule has 0 saturated carbocycles. The van der Waals surface area contributed by atoms with Crippen LogP contribution in [0.25, 0.3) is 0 Å². The van der Waals surface area contributed by atoms with Gasteiger partial charge < -0.3 is 0 Å². The lowest BCUT2D eigenvalue weighted by Crippen LogP contribution is -2.04. The van der Waals surface area contributed by atoms with E-state index in [1.165, 1.54) is 12.1 Å². The summed E-state index contributed by atoms with van der Waals surface area (Å²) in [6.07, 6.45) is 0. The van der Waals surface area contributed by atoms with Crippen molar-refractivity contribution in [2.45, 2.75) is 16.7 Å². The fourth-order valence-corrected chi connectivity index (χ4v) is 3.66. The van der Waals surface area contributed by atoms with E-state index in [1.54, 1.807) is 60.7 Å². The molecule has 0 bridgehead atoms. The second kappa shape index (κ2) is 6.42. The lowest BCUT2D eigenvalue weighted by atomic mass is 10.0. The highest BCUT2D eigenvalue weighted by Gasteiger charge is 2.18. The summed E-state index contributed by atoms with van der Waals surface area (Å²) in [5.41, 5.74) is 2.04. The Morgan fingerprint density at radius 3 is 1.67 bits per heavy atom. The van der Waals surface area contributed by atoms with Crippen LogP contribution in [0.15, 0.2) is 88.7 Å². The Bertz CT molecular complexity index is 956. The van der Waals surface area contributed by atoms with Crippen LogP contribution in [0.2, 0.25) is 0 Å². The highest BCUT2D eigenvalue weighted by Crippen LogP contribution is 2.22. The Kier molecular flexibility index (Phi) is 4.32. The van der Waals surface area contributed by atoms with Crippen molar-refractivity contribution >= 4 is 15.6 Å². The number of hydrogen-bond acceptors (Lipinski definition) is 3. The third kappa shape index (κ3) is 3.14. The van der Waals surface area contributed by atoms with E-state index in [-0.39, 0.29) is 15.6 Å². The molecule has 120 valence electrons. The van der Waals surface area contributed by atoms with Crippen molar-refractivity contribution < 1.29 is 13.2 Å². The fraction of sp³-hybridized carbons (Fsp3) is 0.0500. The van der Waals surface area contributed by atoms with Crippen LogP contribution in [0, 0.1) is 6.92 Å². The van der Waals surface area contributed by atoms with E-state index < -0.39 is 9.84 Å². The quantitative estimate of drug-likeness (QED) is 0.675. The maximum Gasteiger partial charge on any atom is 0.206 e. The van der Waals surface area contributed by atoms with Gasteiger partial charge in [0.25, 0.3) is 0 Å². The van der Waals surface area contributed by atoms with Crippen molar-refractivity contribution in [1.82, 2.24) is 0 Å². The summed E-state index contributed by atoms with van der Waals surface area (Å²) in [4.78, 5) is 12.8. The Hall–Kier alpha value is -2.72. The molecule has 0 aliphatic carbocycles. The van der Waals surface area contributed by atoms with E-state index in [1.807, 2.05) is 13.0 Å². The molecule has 0 radical (unpaired) electrons. The minimum absolute atomic E-state index is 0.130. The fourth-order valence-electron chi connectivity index (χ4n) is 2.40. The van der Waals surface area contributed by atoms with Crippen LogP contribution < -0.4 is 0 Å². The number of sulfone groups is 1. The van der Waals surface area contributed by atoms with Crippen LogP contribution >= 0.6 is 0 Å². The molecule has 24 heavy (non-hydrogen) atoms. The van der Waals surface area contributed by atoms with Gasteiger partial charge in [-0.3, -0.25) is 4.79 Å². The van der Waals surface area contributed by atoms with Gasteiger partial charge in [-0.1, -0.05) is 48.0 Å². The maximum absolute atomic E-state index is 12.6. The van der Waals surface area contributed by atoms with Gasteiger partial charge in [0.15, 0.2) is 5.78 Å². The second-order valence-corrected chi connectivity index (χ2v) is 7.49. The Balaban J connectivity index is 1.92. The number of hydrogen-bond donors (Lipinski definition) is 0. The molecular formula is C20H16O3S. The molecule has 3 nitrogen and oxygen atoms in total. The summed E-state index contributed by atoms with van der Waals surface area (Å²) in [5, 5.41) is 0. The third-order valence-corrected chi connectivity index (χ3v) is 5.58. The molecule has 0 fully saturated rings. The monoisotopic (exact) mass is 336 g/mol. The van der Waals surface area contributed by atoms with Crippen molar-refractivity contribution in [2.24, 2.45) is 0 Å². The van der Waals surface area contributed by atoms with Crippen molar-refractivity contribution in [3.63, 3.8) is 0 Å². The van der Waals surface area contributed by atoms with E-state index in [2.05, 4.69) is 0 Å². The maximum atomic E-state index is 12.6. The molecular weight excluding hydrogens is 320 g/mol. The van der Waals surface area contributed by atoms with Gasteiger partial charge in [0.05, 0.1) is 9.79 Å². The van der Waals surface area contributed by atoms with Crippen LogP contribution in [-0.4, -0.2) is 14.2 Å². The molecule has 0 spiro atoms. The summed E-state index contributed by atoms with van der Waals surface area (Å²) < 4.78 is 25.2. The summed E-state index contributed by atoms with van der Waals surface area (Å²) in [6, 6.07) is 21.7. The summed E-state index contributed by atoms with van der Waals surface area (Å²) in [6.45, 7) is 1.90. The standard InChI is InChI=1S/C20H16O3S/c1-15-7-11-18(12-8-15)24(22,23)19-13-9-17(10-14-19)20(21)16-5-3-2-4-6-16/h2-14H,1H3. The van der Waals surface area contributed by atoms with E-state index in [9.17, 15) is 13.2 Å². The molecule has 0 aliphatic heterocycles. The molecule has 0 heterocycles. The number of aryl methyl sites for hydroxylation is 1. The first-order chi connectivity index (χ1) is 11.5. The second-order valence-electron chi connectivity index (χ2n) is 5.54. The van der Waals surface area contributed by atoms with Crippen LogP contribution in [-0.2, 0) is 9.84 Å². The van der Waals surface area contributed by atoms with Gasteiger partial charge in [0.2, 0.25) is 9.84 Å². The first-order valence-corrected chi connectivity index (χ1v) is 8.98. The van der Waals surface area contributed by atoms with Gasteiger partial charge in [-0.25, -0.2) is 8.42 Å². The number of carbonyl (C=O) groups is 1. The van der Waals surface area contributed by atoms with Crippen molar-refractivity contribution in [1.29, 1.82) is 0 Å². The highest BCUT2D eigenvalue weighted by molar-refractivity contribution is 7.91. The van der Waals surface area contributed by atoms with Crippen LogP contribution in [0.3, 0.4) is 0 Å². The molecule has 3 aromatic rings. The van der Waals surface area contributed by atoms with Crippen LogP contribution in [0.5, 0.6) is 0 Å². The topological polar surface area (TPSA) is 51.2 Å². The average molecular weight is 336 g/mol. The number of rotatable bonds is 4. The molecule has 0 amide bonds. The first kappa shape index (κ1) is 16.1. The predicted molar refractivity (Wildman–Crippen MR) is 92.9 cm³/mol. The molecule has 0 unspecified atom stereocenters. The molecule has 0 aromatic heterocycles. The molecule has 0 aliphatic rings. The van der Waals surface area contributed by atoms with Crippen LogP contribution in [0.4, 0.5) is 0 Å². The van der Waals surface area contributed by atoms with Gasteiger partial charge in [0.1, 0.15) is 0 Å². The zero-order valence-electron chi connectivity index (χ0n) is 13.1. The molecule has 4 heteroatoms. The molecule has 3 aromatic carbocycles. The smallest absolute Gasteiger partial charge is 0.206 e. The van der Waals surface area contributed by atoms with Crippen molar-refractivity contribution in [3.05, 3.63) is 95.6 Å². The Morgan fingerprint density at radius 1 is 0.667 bits per heavy atom. The van der Waals surface area contributed by atoms with Crippen molar-refractivity contribution in [2.75, 3.05) is 0 Å². The van der Waals surface area contributed by atoms with Gasteiger partial charge in [-0.15, -0.1) is 0 Å². The average Bonchev–Trinajstić information content (AvgIpc) is 2.62. The van der Waals surface area contributed by atoms with Crippen LogP contribution in [0.1, 0.15) is 21.5 Å². The molecule has 0 N–H and O–H groups in total. The third-order valence-electron chi connectivity index (χ3n) is 3.79. The molecule has 0 atom stereocenters. The summed E-state index contributed by atoms with van der Waals surface area (Å²) in [5.74, 6) is -0.130. The van der Waals surface area contributed by atoms with Gasteiger partial charge in [-0.05, 0) is 43.3 Å². The molecule has 0 saturated heterocycles. The predicted octanol–water partition coefficient (Wildman–Crippen LogP) is 4.06. The van der Waals surface area contributed by atoms with E-state index >= 15 is 0 Å². The summed E-state index contributed by atoms with van der Waals surface area (Å²) in [7, 11) is -3.57. The SMILES string of the molecule is Cc1ccc(S(=O)(=O)c2ccc(C(=O)c3ccccc3)cc2)cc1. The first-order valence-electron chi connectivity index (χ1n) is 7.50. The zero-order valence-corrected chi connectivity index (χ0v) is 14.0. The lowest BCUT2D eigenvalue weighted by molar-refractivity contribution is 0.103. The number of ketones is 1. The highest BCUT2D eigenvalue weighted by atomic mass is 32.2. The van der Waals surface area contributed by atoms with E-state index in [0.29, 0.717) is 11.1 Å². The Labute approximate surface area is 141 Å². The minimum atomic E-state index is -3.57.